The van der Waals surface area contributed by atoms with E-state index in [1.165, 1.54) is 0 Å². The molecule has 2 N–H and O–H groups in total. The molecule has 0 aromatic carbocycles. The molecule has 0 aliphatic rings. The van der Waals surface area contributed by atoms with Crippen molar-refractivity contribution >= 4 is 0 Å². The molecule has 1 unspecified atom stereocenters. The Hall–Kier alpha value is -0.870. The van der Waals surface area contributed by atoms with Gasteiger partial charge in [-0.15, -0.1) is 0 Å². The Balaban J connectivity index is 2.56. The van der Waals surface area contributed by atoms with Crippen LogP contribution in [-0.4, -0.2) is 26.8 Å². The van der Waals surface area contributed by atoms with Gasteiger partial charge in [0.15, 0.2) is 0 Å². The molecule has 1 rings (SSSR count). The minimum atomic E-state index is -0.192. The van der Waals surface area contributed by atoms with E-state index in [9.17, 15) is 5.11 Å². The van der Waals surface area contributed by atoms with Gasteiger partial charge in [-0.2, -0.15) is 0 Å². The number of hydrogen-bond acceptors (Lipinski definition) is 3. The summed E-state index contributed by atoms with van der Waals surface area (Å²) in [5.74, 6) is 0. The van der Waals surface area contributed by atoms with Gasteiger partial charge in [-0.05, 0) is 20.3 Å². The highest BCUT2D eigenvalue weighted by Crippen LogP contribution is 2.09. The van der Waals surface area contributed by atoms with Gasteiger partial charge < -0.3 is 15.0 Å². The van der Waals surface area contributed by atoms with Crippen molar-refractivity contribution in [3.05, 3.63) is 18.2 Å². The van der Waals surface area contributed by atoms with E-state index in [2.05, 4.69) is 28.7 Å². The third kappa shape index (κ3) is 3.04. The zero-order valence-corrected chi connectivity index (χ0v) is 9.82. The lowest BCUT2D eigenvalue weighted by Gasteiger charge is -2.27. The standard InChI is InChI=1S/C11H21N3O/c1-4-11(3,8-15)13-7-10-6-12-9-14(10)5-2/h6,9,13,15H,4-5,7-8H2,1-3H3. The molecule has 4 nitrogen and oxygen atoms in total. The van der Waals surface area contributed by atoms with Crippen molar-refractivity contribution in [1.82, 2.24) is 14.9 Å². The van der Waals surface area contributed by atoms with E-state index in [-0.39, 0.29) is 12.1 Å². The largest absolute Gasteiger partial charge is 0.394 e. The second kappa shape index (κ2) is 5.28. The first-order chi connectivity index (χ1) is 7.15. The Bertz CT molecular complexity index is 292. The molecule has 15 heavy (non-hydrogen) atoms. The van der Waals surface area contributed by atoms with E-state index >= 15 is 0 Å². The van der Waals surface area contributed by atoms with Crippen LogP contribution in [-0.2, 0) is 13.1 Å². The highest BCUT2D eigenvalue weighted by Gasteiger charge is 2.20. The third-order valence-electron chi connectivity index (χ3n) is 2.96. The molecule has 0 bridgehead atoms. The molecule has 86 valence electrons. The fourth-order valence-corrected chi connectivity index (χ4v) is 1.38. The van der Waals surface area contributed by atoms with Crippen LogP contribution in [0.3, 0.4) is 0 Å². The first-order valence-corrected chi connectivity index (χ1v) is 5.50. The second-order valence-electron chi connectivity index (χ2n) is 4.10. The van der Waals surface area contributed by atoms with E-state index in [1.54, 1.807) is 0 Å². The minimum Gasteiger partial charge on any atom is -0.394 e. The van der Waals surface area contributed by atoms with E-state index in [1.807, 2.05) is 19.4 Å². The Morgan fingerprint density at radius 1 is 1.53 bits per heavy atom. The summed E-state index contributed by atoms with van der Waals surface area (Å²) in [6, 6.07) is 0. The molecule has 0 aliphatic carbocycles. The number of rotatable bonds is 6. The van der Waals surface area contributed by atoms with Crippen LogP contribution in [0.2, 0.25) is 0 Å². The zero-order chi connectivity index (χ0) is 11.3. The van der Waals surface area contributed by atoms with Gasteiger partial charge in [0.25, 0.3) is 0 Å². The van der Waals surface area contributed by atoms with Gasteiger partial charge in [-0.3, -0.25) is 0 Å². The van der Waals surface area contributed by atoms with Crippen LogP contribution in [0.15, 0.2) is 12.5 Å². The van der Waals surface area contributed by atoms with Crippen molar-refractivity contribution < 1.29 is 5.11 Å². The Morgan fingerprint density at radius 3 is 2.80 bits per heavy atom. The number of aromatic nitrogens is 2. The van der Waals surface area contributed by atoms with E-state index in [0.717, 1.165) is 25.2 Å². The predicted molar refractivity (Wildman–Crippen MR) is 60.5 cm³/mol. The molecule has 0 saturated heterocycles. The maximum absolute atomic E-state index is 9.26. The zero-order valence-electron chi connectivity index (χ0n) is 9.82. The average Bonchev–Trinajstić information content (AvgIpc) is 2.73. The fourth-order valence-electron chi connectivity index (χ4n) is 1.38. The molecule has 1 aromatic rings. The molecule has 1 aromatic heterocycles. The summed E-state index contributed by atoms with van der Waals surface area (Å²) in [6.45, 7) is 8.03. The van der Waals surface area contributed by atoms with Gasteiger partial charge >= 0.3 is 0 Å². The molecule has 0 spiro atoms. The summed E-state index contributed by atoms with van der Waals surface area (Å²) in [6.07, 6.45) is 4.60. The maximum Gasteiger partial charge on any atom is 0.0948 e. The van der Waals surface area contributed by atoms with Crippen LogP contribution in [0, 0.1) is 0 Å². The average molecular weight is 211 g/mol. The molecule has 0 saturated carbocycles. The number of nitrogens with zero attached hydrogens (tertiary/aromatic N) is 2. The molecule has 1 heterocycles. The number of aryl methyl sites for hydroxylation is 1. The molecular formula is C11H21N3O. The fraction of sp³-hybridized carbons (Fsp3) is 0.727. The summed E-state index contributed by atoms with van der Waals surface area (Å²) in [5, 5.41) is 12.6. The number of nitrogens with one attached hydrogen (secondary N) is 1. The number of aliphatic hydroxyl groups excluding tert-OH is 1. The molecule has 0 radical (unpaired) electrons. The molecule has 0 aliphatic heterocycles. The van der Waals surface area contributed by atoms with Gasteiger partial charge in [0.2, 0.25) is 0 Å². The molecule has 0 fully saturated rings. The SMILES string of the molecule is CCn1cncc1CNC(C)(CC)CO. The maximum atomic E-state index is 9.26. The van der Waals surface area contributed by atoms with Gasteiger partial charge in [-0.1, -0.05) is 6.92 Å². The van der Waals surface area contributed by atoms with Crippen molar-refractivity contribution in [3.63, 3.8) is 0 Å². The Labute approximate surface area is 91.3 Å². The lowest BCUT2D eigenvalue weighted by molar-refractivity contribution is 0.168. The van der Waals surface area contributed by atoms with Crippen molar-refractivity contribution in [1.29, 1.82) is 0 Å². The van der Waals surface area contributed by atoms with E-state index in [0.29, 0.717) is 0 Å². The van der Waals surface area contributed by atoms with Gasteiger partial charge in [0.05, 0.1) is 18.6 Å². The van der Waals surface area contributed by atoms with Crippen LogP contribution in [0.5, 0.6) is 0 Å². The van der Waals surface area contributed by atoms with Gasteiger partial charge in [0.1, 0.15) is 0 Å². The third-order valence-corrected chi connectivity index (χ3v) is 2.96. The first kappa shape index (κ1) is 12.2. The van der Waals surface area contributed by atoms with Crippen LogP contribution in [0.4, 0.5) is 0 Å². The van der Waals surface area contributed by atoms with Crippen molar-refractivity contribution in [2.45, 2.75) is 45.8 Å². The lowest BCUT2D eigenvalue weighted by Crippen LogP contribution is -2.44. The normalized spacial score (nSPS) is 15.2. The van der Waals surface area contributed by atoms with E-state index in [4.69, 9.17) is 0 Å². The first-order valence-electron chi connectivity index (χ1n) is 5.50. The molecule has 1 atom stereocenters. The van der Waals surface area contributed by atoms with Crippen molar-refractivity contribution in [2.75, 3.05) is 6.61 Å². The second-order valence-corrected chi connectivity index (χ2v) is 4.10. The number of aliphatic hydroxyl groups is 1. The molecule has 4 heteroatoms. The van der Waals surface area contributed by atoms with E-state index < -0.39 is 0 Å². The van der Waals surface area contributed by atoms with Crippen LogP contribution < -0.4 is 5.32 Å². The van der Waals surface area contributed by atoms with Crippen LogP contribution >= 0.6 is 0 Å². The molecular weight excluding hydrogens is 190 g/mol. The minimum absolute atomic E-state index is 0.157. The van der Waals surface area contributed by atoms with Crippen LogP contribution in [0.25, 0.3) is 0 Å². The van der Waals surface area contributed by atoms with Gasteiger partial charge in [-0.25, -0.2) is 4.98 Å². The van der Waals surface area contributed by atoms with Gasteiger partial charge in [0, 0.05) is 24.8 Å². The van der Waals surface area contributed by atoms with Crippen molar-refractivity contribution in [3.8, 4) is 0 Å². The summed E-state index contributed by atoms with van der Waals surface area (Å²) in [4.78, 5) is 4.11. The molecule has 0 amide bonds. The highest BCUT2D eigenvalue weighted by atomic mass is 16.3. The summed E-state index contributed by atoms with van der Waals surface area (Å²) in [5.41, 5.74) is 0.966. The number of hydrogen-bond donors (Lipinski definition) is 2. The highest BCUT2D eigenvalue weighted by molar-refractivity contribution is 4.99. The summed E-state index contributed by atoms with van der Waals surface area (Å²) >= 11 is 0. The summed E-state index contributed by atoms with van der Waals surface area (Å²) in [7, 11) is 0. The number of imidazole rings is 1. The van der Waals surface area contributed by atoms with Crippen molar-refractivity contribution in [2.24, 2.45) is 0 Å². The summed E-state index contributed by atoms with van der Waals surface area (Å²) < 4.78 is 2.10. The van der Waals surface area contributed by atoms with Crippen LogP contribution in [0.1, 0.15) is 32.9 Å². The lowest BCUT2D eigenvalue weighted by atomic mass is 10.0. The predicted octanol–water partition coefficient (Wildman–Crippen LogP) is 1.15. The topological polar surface area (TPSA) is 50.1 Å². The smallest absolute Gasteiger partial charge is 0.0948 e. The Morgan fingerprint density at radius 2 is 2.27 bits per heavy atom. The quantitative estimate of drug-likeness (QED) is 0.742. The Kier molecular flexibility index (Phi) is 4.29. The monoisotopic (exact) mass is 211 g/mol.